The molecule has 2 rings (SSSR count). The van der Waals surface area contributed by atoms with Crippen molar-refractivity contribution in [3.63, 3.8) is 0 Å². The maximum atomic E-state index is 12.3. The van der Waals surface area contributed by atoms with Crippen LogP contribution < -0.4 is 11.1 Å². The van der Waals surface area contributed by atoms with E-state index in [1.807, 2.05) is 49.2 Å². The van der Waals surface area contributed by atoms with E-state index in [1.54, 1.807) is 11.4 Å². The third-order valence-electron chi connectivity index (χ3n) is 3.48. The molecule has 116 valence electrons. The highest BCUT2D eigenvalue weighted by molar-refractivity contribution is 7.14. The highest BCUT2D eigenvalue weighted by Crippen LogP contribution is 2.23. The van der Waals surface area contributed by atoms with E-state index in [9.17, 15) is 9.59 Å². The first kappa shape index (κ1) is 16.2. The lowest BCUT2D eigenvalue weighted by Crippen LogP contribution is -2.39. The van der Waals surface area contributed by atoms with E-state index >= 15 is 0 Å². The first-order valence-corrected chi connectivity index (χ1v) is 7.79. The minimum atomic E-state index is -0.540. The van der Waals surface area contributed by atoms with Crippen LogP contribution in [0.4, 0.5) is 5.00 Å². The van der Waals surface area contributed by atoms with Crippen LogP contribution in [0.25, 0.3) is 0 Å². The smallest absolute Gasteiger partial charge is 0.251 e. The van der Waals surface area contributed by atoms with Crippen molar-refractivity contribution in [2.45, 2.75) is 19.5 Å². The van der Waals surface area contributed by atoms with Gasteiger partial charge in [0, 0.05) is 6.54 Å². The number of carbonyl (C=O) groups excluding carboxylic acids is 2. The Morgan fingerprint density at radius 1 is 1.27 bits per heavy atom. The summed E-state index contributed by atoms with van der Waals surface area (Å²) < 4.78 is 0. The van der Waals surface area contributed by atoms with Crippen LogP contribution >= 0.6 is 11.3 Å². The van der Waals surface area contributed by atoms with Crippen molar-refractivity contribution in [1.29, 1.82) is 0 Å². The summed E-state index contributed by atoms with van der Waals surface area (Å²) in [5, 5.41) is 5.00. The molecule has 1 atom stereocenters. The number of benzene rings is 1. The molecule has 5 nitrogen and oxygen atoms in total. The molecule has 0 saturated carbocycles. The lowest BCUT2D eigenvalue weighted by atomic mass is 10.2. The van der Waals surface area contributed by atoms with Gasteiger partial charge in [-0.25, -0.2) is 0 Å². The minimum absolute atomic E-state index is 0.164. The number of nitrogens with two attached hydrogens (primary N) is 1. The molecule has 22 heavy (non-hydrogen) atoms. The number of carbonyl (C=O) groups is 2. The third kappa shape index (κ3) is 3.93. The lowest BCUT2D eigenvalue weighted by Gasteiger charge is -2.23. The fourth-order valence-corrected chi connectivity index (χ4v) is 2.82. The quantitative estimate of drug-likeness (QED) is 0.858. The number of nitrogens with one attached hydrogen (secondary N) is 1. The van der Waals surface area contributed by atoms with Crippen molar-refractivity contribution >= 4 is 28.2 Å². The monoisotopic (exact) mass is 317 g/mol. The van der Waals surface area contributed by atoms with E-state index in [0.29, 0.717) is 17.1 Å². The predicted octanol–water partition coefficient (Wildman–Crippen LogP) is 2.31. The van der Waals surface area contributed by atoms with Crippen molar-refractivity contribution in [2.75, 3.05) is 12.4 Å². The topological polar surface area (TPSA) is 75.4 Å². The van der Waals surface area contributed by atoms with E-state index in [0.717, 1.165) is 5.56 Å². The van der Waals surface area contributed by atoms with Crippen LogP contribution in [0.15, 0.2) is 41.8 Å². The molecule has 1 aromatic carbocycles. The van der Waals surface area contributed by atoms with E-state index in [2.05, 4.69) is 5.32 Å². The Hall–Kier alpha value is -2.18. The Morgan fingerprint density at radius 3 is 2.59 bits per heavy atom. The Balaban J connectivity index is 1.99. The summed E-state index contributed by atoms with van der Waals surface area (Å²) >= 11 is 1.29. The fraction of sp³-hybridized carbons (Fsp3) is 0.250. The van der Waals surface area contributed by atoms with Crippen molar-refractivity contribution in [3.05, 3.63) is 52.9 Å². The Labute approximate surface area is 133 Å². The highest BCUT2D eigenvalue weighted by atomic mass is 32.1. The fourth-order valence-electron chi connectivity index (χ4n) is 2.02. The second kappa shape index (κ2) is 7.20. The zero-order chi connectivity index (χ0) is 16.1. The van der Waals surface area contributed by atoms with E-state index in [4.69, 9.17) is 5.73 Å². The summed E-state index contributed by atoms with van der Waals surface area (Å²) in [4.78, 5) is 25.5. The number of likely N-dealkylation sites (N-methyl/N-ethyl adjacent to an activating group) is 1. The molecule has 3 N–H and O–H groups in total. The first-order valence-electron chi connectivity index (χ1n) is 6.91. The summed E-state index contributed by atoms with van der Waals surface area (Å²) in [5.41, 5.74) is 6.76. The second-order valence-corrected chi connectivity index (χ2v) is 6.01. The average Bonchev–Trinajstić information content (AvgIpc) is 2.95. The van der Waals surface area contributed by atoms with Gasteiger partial charge in [0.05, 0.1) is 11.6 Å². The van der Waals surface area contributed by atoms with Gasteiger partial charge < -0.3 is 11.1 Å². The second-order valence-electron chi connectivity index (χ2n) is 5.09. The van der Waals surface area contributed by atoms with Gasteiger partial charge in [-0.1, -0.05) is 30.3 Å². The standard InChI is InChI=1S/C16H19N3O2S/c1-11(19(2)10-12-6-4-3-5-7-12)15(21)18-16-13(14(17)20)8-9-22-16/h3-9,11H,10H2,1-2H3,(H2,17,20)(H,18,21). The number of hydrogen-bond acceptors (Lipinski definition) is 4. The molecular weight excluding hydrogens is 298 g/mol. The molecule has 0 bridgehead atoms. The summed E-state index contributed by atoms with van der Waals surface area (Å²) in [7, 11) is 1.89. The van der Waals surface area contributed by atoms with Gasteiger partial charge in [0.25, 0.3) is 5.91 Å². The molecule has 1 heterocycles. The van der Waals surface area contributed by atoms with Gasteiger partial charge in [-0.3, -0.25) is 14.5 Å². The summed E-state index contributed by atoms with van der Waals surface area (Å²) in [5.74, 6) is -0.703. The van der Waals surface area contributed by atoms with Gasteiger partial charge in [-0.05, 0) is 31.0 Å². The molecule has 2 amide bonds. The van der Waals surface area contributed by atoms with Crippen LogP contribution in [0.1, 0.15) is 22.8 Å². The molecule has 0 aliphatic heterocycles. The van der Waals surface area contributed by atoms with Crippen LogP contribution in [0.2, 0.25) is 0 Å². The predicted molar refractivity (Wildman–Crippen MR) is 88.8 cm³/mol. The molecule has 6 heteroatoms. The van der Waals surface area contributed by atoms with Crippen molar-refractivity contribution in [2.24, 2.45) is 5.73 Å². The zero-order valence-electron chi connectivity index (χ0n) is 12.6. The molecule has 2 aromatic rings. The number of thiophene rings is 1. The molecule has 0 radical (unpaired) electrons. The van der Waals surface area contributed by atoms with E-state index < -0.39 is 5.91 Å². The number of amides is 2. The maximum absolute atomic E-state index is 12.3. The largest absolute Gasteiger partial charge is 0.366 e. The zero-order valence-corrected chi connectivity index (χ0v) is 13.4. The molecule has 0 spiro atoms. The molecule has 0 fully saturated rings. The Kier molecular flexibility index (Phi) is 5.30. The Bertz CT molecular complexity index is 654. The average molecular weight is 317 g/mol. The molecule has 0 aliphatic carbocycles. The molecule has 0 aliphatic rings. The van der Waals surface area contributed by atoms with Crippen molar-refractivity contribution < 1.29 is 9.59 Å². The van der Waals surface area contributed by atoms with Crippen LogP contribution in [0.5, 0.6) is 0 Å². The molecular formula is C16H19N3O2S. The molecule has 1 aromatic heterocycles. The molecule has 1 unspecified atom stereocenters. The number of nitrogens with zero attached hydrogens (tertiary/aromatic N) is 1. The summed E-state index contributed by atoms with van der Waals surface area (Å²) in [6.07, 6.45) is 0. The third-order valence-corrected chi connectivity index (χ3v) is 4.31. The number of anilines is 1. The van der Waals surface area contributed by atoms with Gasteiger partial charge in [-0.15, -0.1) is 11.3 Å². The minimum Gasteiger partial charge on any atom is -0.366 e. The van der Waals surface area contributed by atoms with Crippen molar-refractivity contribution in [1.82, 2.24) is 4.90 Å². The van der Waals surface area contributed by atoms with Crippen LogP contribution in [-0.2, 0) is 11.3 Å². The van der Waals surface area contributed by atoms with Gasteiger partial charge in [0.15, 0.2) is 0 Å². The number of hydrogen-bond donors (Lipinski definition) is 2. The van der Waals surface area contributed by atoms with Crippen LogP contribution in [0.3, 0.4) is 0 Å². The van der Waals surface area contributed by atoms with Gasteiger partial charge in [0.2, 0.25) is 5.91 Å². The maximum Gasteiger partial charge on any atom is 0.251 e. The first-order chi connectivity index (χ1) is 10.5. The highest BCUT2D eigenvalue weighted by Gasteiger charge is 2.20. The van der Waals surface area contributed by atoms with Gasteiger partial charge in [-0.2, -0.15) is 0 Å². The van der Waals surface area contributed by atoms with E-state index in [-0.39, 0.29) is 11.9 Å². The Morgan fingerprint density at radius 2 is 1.95 bits per heavy atom. The van der Waals surface area contributed by atoms with Gasteiger partial charge >= 0.3 is 0 Å². The lowest BCUT2D eigenvalue weighted by molar-refractivity contribution is -0.120. The summed E-state index contributed by atoms with van der Waals surface area (Å²) in [6.45, 7) is 2.50. The van der Waals surface area contributed by atoms with Crippen LogP contribution in [0, 0.1) is 0 Å². The van der Waals surface area contributed by atoms with Gasteiger partial charge in [0.1, 0.15) is 5.00 Å². The number of rotatable bonds is 6. The SMILES string of the molecule is CC(C(=O)Nc1sccc1C(N)=O)N(C)Cc1ccccc1. The van der Waals surface area contributed by atoms with E-state index in [1.165, 1.54) is 11.3 Å². The summed E-state index contributed by atoms with van der Waals surface area (Å²) in [6, 6.07) is 11.2. The molecule has 0 saturated heterocycles. The number of primary amides is 1. The normalized spacial score (nSPS) is 12.1. The van der Waals surface area contributed by atoms with Crippen LogP contribution in [-0.4, -0.2) is 29.8 Å². The van der Waals surface area contributed by atoms with Crippen molar-refractivity contribution in [3.8, 4) is 0 Å².